The van der Waals surface area contributed by atoms with E-state index in [2.05, 4.69) is 20.7 Å². The smallest absolute Gasteiger partial charge is 0.315 e. The van der Waals surface area contributed by atoms with E-state index in [4.69, 9.17) is 0 Å². The van der Waals surface area contributed by atoms with Gasteiger partial charge in [-0.1, -0.05) is 36.4 Å². The van der Waals surface area contributed by atoms with Gasteiger partial charge in [0.25, 0.3) is 0 Å². The number of nitrogens with zero attached hydrogens (tertiary/aromatic N) is 3. The van der Waals surface area contributed by atoms with Gasteiger partial charge in [0, 0.05) is 18.4 Å². The van der Waals surface area contributed by atoms with Gasteiger partial charge in [-0.3, -0.25) is 0 Å². The molecule has 0 aliphatic heterocycles. The number of urea groups is 1. The number of carbonyl (C=O) groups is 1. The Labute approximate surface area is 153 Å². The highest BCUT2D eigenvalue weighted by Gasteiger charge is 2.09. The molecule has 1 aromatic carbocycles. The van der Waals surface area contributed by atoms with E-state index in [0.29, 0.717) is 6.54 Å². The van der Waals surface area contributed by atoms with Gasteiger partial charge >= 0.3 is 6.03 Å². The number of hydrogen-bond acceptors (Lipinski definition) is 3. The molecule has 0 aliphatic carbocycles. The molecule has 1 atom stereocenters. The lowest BCUT2D eigenvalue weighted by Gasteiger charge is -2.15. The van der Waals surface area contributed by atoms with Crippen LogP contribution in [0.1, 0.15) is 35.5 Å². The van der Waals surface area contributed by atoms with Crippen LogP contribution in [0.25, 0.3) is 5.82 Å². The fourth-order valence-electron chi connectivity index (χ4n) is 2.76. The third kappa shape index (κ3) is 4.27. The molecule has 0 fully saturated rings. The Bertz CT molecular complexity index is 871. The van der Waals surface area contributed by atoms with Crippen LogP contribution < -0.4 is 10.6 Å². The molecule has 0 radical (unpaired) electrons. The van der Waals surface area contributed by atoms with Gasteiger partial charge in [-0.15, -0.1) is 0 Å². The summed E-state index contributed by atoms with van der Waals surface area (Å²) in [5, 5.41) is 10.2. The van der Waals surface area contributed by atoms with Crippen LogP contribution in [0.5, 0.6) is 0 Å². The summed E-state index contributed by atoms with van der Waals surface area (Å²) in [6.45, 7) is 6.32. The van der Waals surface area contributed by atoms with Crippen molar-refractivity contribution in [2.75, 3.05) is 0 Å². The van der Waals surface area contributed by atoms with Gasteiger partial charge in [0.05, 0.1) is 11.7 Å². The first-order valence-corrected chi connectivity index (χ1v) is 8.61. The number of aromatic nitrogens is 3. The number of nitrogens with one attached hydrogen (secondary N) is 2. The maximum atomic E-state index is 12.1. The largest absolute Gasteiger partial charge is 0.334 e. The molecule has 134 valence electrons. The second-order valence-corrected chi connectivity index (χ2v) is 6.32. The van der Waals surface area contributed by atoms with Crippen molar-refractivity contribution in [3.8, 4) is 5.82 Å². The summed E-state index contributed by atoms with van der Waals surface area (Å²) in [4.78, 5) is 16.5. The number of rotatable bonds is 5. The van der Waals surface area contributed by atoms with Crippen molar-refractivity contribution in [2.24, 2.45) is 0 Å². The summed E-state index contributed by atoms with van der Waals surface area (Å²) in [5.41, 5.74) is 3.99. The number of carbonyl (C=O) groups excluding carboxylic acids is 1. The number of benzene rings is 1. The molecule has 2 amide bonds. The quantitative estimate of drug-likeness (QED) is 0.741. The van der Waals surface area contributed by atoms with Crippen LogP contribution in [0.3, 0.4) is 0 Å². The van der Waals surface area contributed by atoms with Gasteiger partial charge in [0.2, 0.25) is 0 Å². The molecule has 0 saturated heterocycles. The van der Waals surface area contributed by atoms with Crippen molar-refractivity contribution in [3.05, 3.63) is 77.2 Å². The summed E-state index contributed by atoms with van der Waals surface area (Å²) in [5.74, 6) is 0.765. The molecule has 6 nitrogen and oxygen atoms in total. The van der Waals surface area contributed by atoms with Gasteiger partial charge in [0.15, 0.2) is 5.82 Å². The van der Waals surface area contributed by atoms with E-state index < -0.39 is 0 Å². The van der Waals surface area contributed by atoms with Gasteiger partial charge in [-0.2, -0.15) is 5.10 Å². The van der Waals surface area contributed by atoms with Crippen LogP contribution in [-0.4, -0.2) is 20.8 Å². The molecule has 3 rings (SSSR count). The van der Waals surface area contributed by atoms with Crippen molar-refractivity contribution in [2.45, 2.75) is 33.4 Å². The van der Waals surface area contributed by atoms with E-state index in [1.54, 1.807) is 10.9 Å². The predicted molar refractivity (Wildman–Crippen MR) is 101 cm³/mol. The molecule has 2 N–H and O–H groups in total. The molecular formula is C20H23N5O. The highest BCUT2D eigenvalue weighted by atomic mass is 16.2. The Morgan fingerprint density at radius 1 is 1.15 bits per heavy atom. The summed E-state index contributed by atoms with van der Waals surface area (Å²) < 4.78 is 1.81. The molecule has 6 heteroatoms. The second kappa shape index (κ2) is 7.82. The zero-order chi connectivity index (χ0) is 18.5. The van der Waals surface area contributed by atoms with Crippen molar-refractivity contribution < 1.29 is 4.79 Å². The van der Waals surface area contributed by atoms with E-state index >= 15 is 0 Å². The Kier molecular flexibility index (Phi) is 5.31. The minimum Gasteiger partial charge on any atom is -0.334 e. The van der Waals surface area contributed by atoms with E-state index in [0.717, 1.165) is 28.3 Å². The molecule has 2 aromatic heterocycles. The first kappa shape index (κ1) is 17.7. The summed E-state index contributed by atoms with van der Waals surface area (Å²) in [6.07, 6.45) is 1.76. The normalized spacial score (nSPS) is 11.8. The van der Waals surface area contributed by atoms with E-state index in [9.17, 15) is 4.79 Å². The lowest BCUT2D eigenvalue weighted by molar-refractivity contribution is 0.237. The lowest BCUT2D eigenvalue weighted by Crippen LogP contribution is -2.36. The average Bonchev–Trinajstić information content (AvgIpc) is 2.99. The van der Waals surface area contributed by atoms with Crippen molar-refractivity contribution in [3.63, 3.8) is 0 Å². The summed E-state index contributed by atoms with van der Waals surface area (Å²) >= 11 is 0. The van der Waals surface area contributed by atoms with Crippen LogP contribution in [-0.2, 0) is 6.54 Å². The number of aryl methyl sites for hydroxylation is 2. The molecule has 0 spiro atoms. The number of pyridine rings is 1. The van der Waals surface area contributed by atoms with Gasteiger partial charge < -0.3 is 10.6 Å². The Morgan fingerprint density at radius 3 is 2.54 bits per heavy atom. The fourth-order valence-corrected chi connectivity index (χ4v) is 2.76. The first-order valence-electron chi connectivity index (χ1n) is 8.61. The lowest BCUT2D eigenvalue weighted by atomic mass is 10.1. The Hall–Kier alpha value is -3.15. The Morgan fingerprint density at radius 2 is 1.92 bits per heavy atom. The maximum absolute atomic E-state index is 12.1. The minimum atomic E-state index is -0.205. The van der Waals surface area contributed by atoms with Crippen molar-refractivity contribution in [1.29, 1.82) is 0 Å². The molecule has 2 heterocycles. The monoisotopic (exact) mass is 349 g/mol. The van der Waals surface area contributed by atoms with Crippen LogP contribution in [0.15, 0.2) is 54.7 Å². The molecule has 26 heavy (non-hydrogen) atoms. The maximum Gasteiger partial charge on any atom is 0.315 e. The van der Waals surface area contributed by atoms with Gasteiger partial charge in [-0.25, -0.2) is 14.5 Å². The zero-order valence-electron chi connectivity index (χ0n) is 15.2. The summed E-state index contributed by atoms with van der Waals surface area (Å²) in [6, 6.07) is 15.5. The topological polar surface area (TPSA) is 71.8 Å². The van der Waals surface area contributed by atoms with Crippen LogP contribution >= 0.6 is 0 Å². The minimum absolute atomic E-state index is 0.0530. The van der Waals surface area contributed by atoms with Crippen molar-refractivity contribution in [1.82, 2.24) is 25.4 Å². The van der Waals surface area contributed by atoms with Crippen molar-refractivity contribution >= 4 is 6.03 Å². The Balaban J connectivity index is 1.55. The number of amides is 2. The van der Waals surface area contributed by atoms with Crippen LogP contribution in [0.2, 0.25) is 0 Å². The molecule has 1 unspecified atom stereocenters. The van der Waals surface area contributed by atoms with Crippen LogP contribution in [0, 0.1) is 13.8 Å². The molecule has 3 aromatic rings. The second-order valence-electron chi connectivity index (χ2n) is 6.32. The molecular weight excluding hydrogens is 326 g/mol. The summed E-state index contributed by atoms with van der Waals surface area (Å²) in [7, 11) is 0. The number of hydrogen-bond donors (Lipinski definition) is 2. The van der Waals surface area contributed by atoms with E-state index in [1.165, 1.54) is 0 Å². The average molecular weight is 349 g/mol. The van der Waals surface area contributed by atoms with Gasteiger partial charge in [0.1, 0.15) is 0 Å². The predicted octanol–water partition coefficient (Wildman–Crippen LogP) is 3.44. The highest BCUT2D eigenvalue weighted by molar-refractivity contribution is 5.74. The first-order chi connectivity index (χ1) is 12.5. The fraction of sp³-hybridized carbons (Fsp3) is 0.250. The van der Waals surface area contributed by atoms with E-state index in [-0.39, 0.29) is 12.1 Å². The standard InChI is InChI=1S/C20H23N5O/c1-14-11-15(2)25(24-14)19-10-9-17(12-21-19)13-22-20(26)23-16(3)18-7-5-4-6-8-18/h4-12,16H,13H2,1-3H3,(H2,22,23,26). The zero-order valence-corrected chi connectivity index (χ0v) is 15.2. The SMILES string of the molecule is Cc1cc(C)n(-c2ccc(CNC(=O)NC(C)c3ccccc3)cn2)n1. The van der Waals surface area contributed by atoms with Gasteiger partial charge in [-0.05, 0) is 44.0 Å². The molecule has 0 bridgehead atoms. The molecule has 0 aliphatic rings. The highest BCUT2D eigenvalue weighted by Crippen LogP contribution is 2.12. The third-order valence-electron chi connectivity index (χ3n) is 4.14. The van der Waals surface area contributed by atoms with E-state index in [1.807, 2.05) is 69.3 Å². The van der Waals surface area contributed by atoms with Crippen LogP contribution in [0.4, 0.5) is 4.79 Å². The third-order valence-corrected chi connectivity index (χ3v) is 4.14. The molecule has 0 saturated carbocycles.